The molecule has 29 heavy (non-hydrogen) atoms. The molecule has 3 heterocycles. The molecule has 1 unspecified atom stereocenters. The summed E-state index contributed by atoms with van der Waals surface area (Å²) in [4.78, 5) is 5.03. The van der Waals surface area contributed by atoms with Crippen molar-refractivity contribution in [1.29, 1.82) is 0 Å². The van der Waals surface area contributed by atoms with Gasteiger partial charge in [0.05, 0.1) is 11.6 Å². The van der Waals surface area contributed by atoms with E-state index in [1.807, 2.05) is 10.7 Å². The Bertz CT molecular complexity index is 828. The van der Waals surface area contributed by atoms with E-state index in [-0.39, 0.29) is 11.6 Å². The molecule has 2 aliphatic rings. The van der Waals surface area contributed by atoms with Gasteiger partial charge < -0.3 is 9.47 Å². The summed E-state index contributed by atoms with van der Waals surface area (Å²) in [6.45, 7) is 14.2. The lowest BCUT2D eigenvalue weighted by Gasteiger charge is -2.39. The maximum absolute atomic E-state index is 5.51. The van der Waals surface area contributed by atoms with Crippen molar-refractivity contribution >= 4 is 0 Å². The Kier molecular flexibility index (Phi) is 5.74. The van der Waals surface area contributed by atoms with Crippen molar-refractivity contribution in [3.05, 3.63) is 29.6 Å². The third-order valence-corrected chi connectivity index (χ3v) is 6.31. The highest BCUT2D eigenvalue weighted by atomic mass is 16.7. The Labute approximate surface area is 172 Å². The Morgan fingerprint density at radius 3 is 2.55 bits per heavy atom. The van der Waals surface area contributed by atoms with Gasteiger partial charge >= 0.3 is 0 Å². The summed E-state index contributed by atoms with van der Waals surface area (Å²) in [6.07, 6.45) is 1.99. The summed E-state index contributed by atoms with van der Waals surface area (Å²) in [5.74, 6) is 2.69. The zero-order chi connectivity index (χ0) is 20.4. The molecule has 1 aromatic carbocycles. The molecule has 0 bridgehead atoms. The fourth-order valence-corrected chi connectivity index (χ4v) is 4.12. The maximum Gasteiger partial charge on any atom is 0.231 e. The number of tetrazole rings is 1. The molecule has 1 atom stereocenters. The van der Waals surface area contributed by atoms with Gasteiger partial charge in [-0.25, -0.2) is 4.68 Å². The van der Waals surface area contributed by atoms with Crippen LogP contribution in [0, 0.1) is 0 Å². The van der Waals surface area contributed by atoms with E-state index >= 15 is 0 Å². The number of nitrogens with zero attached hydrogens (tertiary/aromatic N) is 6. The molecule has 1 saturated heterocycles. The number of fused-ring (bicyclic) bond motifs is 1. The van der Waals surface area contributed by atoms with Crippen molar-refractivity contribution in [2.45, 2.75) is 58.7 Å². The number of benzene rings is 1. The van der Waals surface area contributed by atoms with Crippen LogP contribution < -0.4 is 9.47 Å². The topological polar surface area (TPSA) is 68.5 Å². The van der Waals surface area contributed by atoms with E-state index in [2.05, 4.69) is 65.2 Å². The van der Waals surface area contributed by atoms with Gasteiger partial charge in [-0.3, -0.25) is 9.80 Å². The zero-order valence-electron chi connectivity index (χ0n) is 18.0. The van der Waals surface area contributed by atoms with Crippen molar-refractivity contribution in [3.8, 4) is 11.5 Å². The quantitative estimate of drug-likeness (QED) is 0.708. The second-order valence-electron chi connectivity index (χ2n) is 8.54. The first-order valence-corrected chi connectivity index (χ1v) is 10.7. The molecule has 0 radical (unpaired) electrons. The molecule has 0 amide bonds. The molecular formula is C21H32N6O2. The lowest BCUT2D eigenvalue weighted by Crippen LogP contribution is -2.48. The SMILES string of the molecule is CCC(c1nnnn1C(C)(C)CC)N1CCN(Cc2ccc3c(c2)OCO3)CC1. The zero-order valence-corrected chi connectivity index (χ0v) is 18.0. The van der Waals surface area contributed by atoms with E-state index < -0.39 is 0 Å². The van der Waals surface area contributed by atoms with Crippen LogP contribution in [0.3, 0.4) is 0 Å². The standard InChI is InChI=1S/C21H32N6O2/c1-5-17(20-22-23-24-27(20)21(3,4)6-2)26-11-9-25(10-12-26)14-16-7-8-18-19(13-16)29-15-28-18/h7-8,13,17H,5-6,9-12,14-15H2,1-4H3. The summed E-state index contributed by atoms with van der Waals surface area (Å²) < 4.78 is 13.0. The summed E-state index contributed by atoms with van der Waals surface area (Å²) in [5, 5.41) is 12.7. The molecule has 2 aromatic rings. The van der Waals surface area contributed by atoms with Crippen LogP contribution in [0.15, 0.2) is 18.2 Å². The van der Waals surface area contributed by atoms with Crippen molar-refractivity contribution in [1.82, 2.24) is 30.0 Å². The number of piperazine rings is 1. The van der Waals surface area contributed by atoms with Gasteiger partial charge in [-0.1, -0.05) is 19.9 Å². The molecular weight excluding hydrogens is 368 g/mol. The van der Waals surface area contributed by atoms with Gasteiger partial charge in [0, 0.05) is 32.7 Å². The van der Waals surface area contributed by atoms with E-state index in [4.69, 9.17) is 9.47 Å². The molecule has 8 nitrogen and oxygen atoms in total. The fraction of sp³-hybridized carbons (Fsp3) is 0.667. The molecule has 1 aromatic heterocycles. The number of rotatable bonds is 7. The van der Waals surface area contributed by atoms with Crippen molar-refractivity contribution in [3.63, 3.8) is 0 Å². The van der Waals surface area contributed by atoms with E-state index in [0.29, 0.717) is 6.79 Å². The van der Waals surface area contributed by atoms with Gasteiger partial charge in [-0.15, -0.1) is 5.10 Å². The van der Waals surface area contributed by atoms with Crippen molar-refractivity contribution in [2.24, 2.45) is 0 Å². The molecule has 0 spiro atoms. The first-order valence-electron chi connectivity index (χ1n) is 10.7. The number of aromatic nitrogens is 4. The molecule has 1 fully saturated rings. The molecule has 0 N–H and O–H groups in total. The Morgan fingerprint density at radius 2 is 1.83 bits per heavy atom. The minimum absolute atomic E-state index is 0.0760. The monoisotopic (exact) mass is 400 g/mol. The van der Waals surface area contributed by atoms with Crippen LogP contribution in [0.2, 0.25) is 0 Å². The summed E-state index contributed by atoms with van der Waals surface area (Å²) in [5.41, 5.74) is 1.19. The second kappa shape index (κ2) is 8.28. The van der Waals surface area contributed by atoms with Gasteiger partial charge in [-0.2, -0.15) is 0 Å². The highest BCUT2D eigenvalue weighted by molar-refractivity contribution is 5.44. The van der Waals surface area contributed by atoms with Crippen LogP contribution in [0.5, 0.6) is 11.5 Å². The third kappa shape index (κ3) is 4.09. The summed E-state index contributed by atoms with van der Waals surface area (Å²) >= 11 is 0. The van der Waals surface area contributed by atoms with Gasteiger partial charge in [0.2, 0.25) is 6.79 Å². The van der Waals surface area contributed by atoms with Crippen LogP contribution in [0.4, 0.5) is 0 Å². The second-order valence-corrected chi connectivity index (χ2v) is 8.54. The Balaban J connectivity index is 1.39. The minimum atomic E-state index is -0.0760. The van der Waals surface area contributed by atoms with E-state index in [1.54, 1.807) is 0 Å². The number of ether oxygens (including phenoxy) is 2. The number of hydrogen-bond acceptors (Lipinski definition) is 7. The average Bonchev–Trinajstić information content (AvgIpc) is 3.39. The van der Waals surface area contributed by atoms with Crippen LogP contribution in [-0.2, 0) is 12.1 Å². The Morgan fingerprint density at radius 1 is 1.07 bits per heavy atom. The summed E-state index contributed by atoms with van der Waals surface area (Å²) in [6, 6.07) is 6.50. The summed E-state index contributed by atoms with van der Waals surface area (Å²) in [7, 11) is 0. The van der Waals surface area contributed by atoms with Crippen LogP contribution in [0.25, 0.3) is 0 Å². The van der Waals surface area contributed by atoms with Gasteiger partial charge in [-0.05, 0) is 54.8 Å². The predicted molar refractivity (Wildman–Crippen MR) is 110 cm³/mol. The van der Waals surface area contributed by atoms with Crippen LogP contribution in [-0.4, -0.2) is 63.0 Å². The first kappa shape index (κ1) is 20.1. The lowest BCUT2D eigenvalue weighted by atomic mass is 10.0. The van der Waals surface area contributed by atoms with Gasteiger partial charge in [0.1, 0.15) is 0 Å². The molecule has 4 rings (SSSR count). The van der Waals surface area contributed by atoms with Crippen molar-refractivity contribution in [2.75, 3.05) is 33.0 Å². The molecule has 8 heteroatoms. The first-order chi connectivity index (χ1) is 14.0. The van der Waals surface area contributed by atoms with Crippen molar-refractivity contribution < 1.29 is 9.47 Å². The van der Waals surface area contributed by atoms with E-state index in [9.17, 15) is 0 Å². The Hall–Kier alpha value is -2.19. The van der Waals surface area contributed by atoms with Crippen LogP contribution in [0.1, 0.15) is 58.0 Å². The molecule has 2 aliphatic heterocycles. The highest BCUT2D eigenvalue weighted by Gasteiger charge is 2.32. The van der Waals surface area contributed by atoms with Crippen LogP contribution >= 0.6 is 0 Å². The van der Waals surface area contributed by atoms with E-state index in [1.165, 1.54) is 5.56 Å². The molecule has 0 aliphatic carbocycles. The van der Waals surface area contributed by atoms with E-state index in [0.717, 1.165) is 62.9 Å². The lowest BCUT2D eigenvalue weighted by molar-refractivity contribution is 0.0812. The normalized spacial score (nSPS) is 18.9. The fourth-order valence-electron chi connectivity index (χ4n) is 4.12. The maximum atomic E-state index is 5.51. The average molecular weight is 401 g/mol. The largest absolute Gasteiger partial charge is 0.454 e. The highest BCUT2D eigenvalue weighted by Crippen LogP contribution is 2.33. The smallest absolute Gasteiger partial charge is 0.231 e. The minimum Gasteiger partial charge on any atom is -0.454 e. The number of hydrogen-bond donors (Lipinski definition) is 0. The predicted octanol–water partition coefficient (Wildman–Crippen LogP) is 2.82. The molecule has 158 valence electrons. The van der Waals surface area contributed by atoms with Gasteiger partial charge in [0.15, 0.2) is 17.3 Å². The van der Waals surface area contributed by atoms with Gasteiger partial charge in [0.25, 0.3) is 0 Å². The molecule has 0 saturated carbocycles. The third-order valence-electron chi connectivity index (χ3n) is 6.31.